The third kappa shape index (κ3) is 5.05. The molecular weight excluding hydrogens is 442 g/mol. The fourth-order valence-electron chi connectivity index (χ4n) is 3.92. The van der Waals surface area contributed by atoms with Gasteiger partial charge in [-0.1, -0.05) is 19.9 Å². The first-order valence-corrected chi connectivity index (χ1v) is 10.1. The molecule has 0 aliphatic carbocycles. The van der Waals surface area contributed by atoms with Crippen molar-refractivity contribution in [1.82, 2.24) is 4.98 Å². The molecule has 1 heterocycles. The van der Waals surface area contributed by atoms with Crippen LogP contribution in [0.1, 0.15) is 36.2 Å². The number of benzene rings is 2. The minimum Gasteiger partial charge on any atom is -0.496 e. The quantitative estimate of drug-likeness (QED) is 0.367. The second-order valence-electron chi connectivity index (χ2n) is 8.64. The van der Waals surface area contributed by atoms with Crippen molar-refractivity contribution in [3.05, 3.63) is 59.4 Å². The summed E-state index contributed by atoms with van der Waals surface area (Å²) in [5.41, 5.74) is 1.75. The van der Waals surface area contributed by atoms with Gasteiger partial charge in [0.1, 0.15) is 17.4 Å². The zero-order valence-electron chi connectivity index (χ0n) is 18.3. The van der Waals surface area contributed by atoms with Gasteiger partial charge in [-0.15, -0.1) is 0 Å². The van der Waals surface area contributed by atoms with Crippen molar-refractivity contribution in [2.45, 2.75) is 37.5 Å². The predicted octanol–water partition coefficient (Wildman–Crippen LogP) is 4.49. The van der Waals surface area contributed by atoms with Crippen molar-refractivity contribution in [3.63, 3.8) is 0 Å². The standard InChI is InChI=1S/C23H25F4N3O3/c1-21(2,16-10-15(24)6-7-18(16)33-3)11-22(32,23(25,26)27)12-29-19-9-13-4-5-14(20(28)31)8-17(13)30-19/h4-10,29-30,32H,11-12H2,1-3H3,(H2,28,31). The number of fused-ring (bicyclic) bond motifs is 1. The molecule has 3 rings (SSSR count). The number of amides is 1. The van der Waals surface area contributed by atoms with E-state index >= 15 is 0 Å². The van der Waals surface area contributed by atoms with Crippen molar-refractivity contribution in [2.24, 2.45) is 5.73 Å². The Labute approximate surface area is 187 Å². The van der Waals surface area contributed by atoms with Crippen LogP contribution in [0.25, 0.3) is 10.9 Å². The number of alkyl halides is 3. The van der Waals surface area contributed by atoms with Gasteiger partial charge < -0.3 is 25.9 Å². The van der Waals surface area contributed by atoms with Gasteiger partial charge in [0.2, 0.25) is 5.91 Å². The molecule has 3 aromatic rings. The van der Waals surface area contributed by atoms with Crippen molar-refractivity contribution in [2.75, 3.05) is 19.0 Å². The number of carbonyl (C=O) groups is 1. The lowest BCUT2D eigenvalue weighted by Crippen LogP contribution is -2.53. The third-order valence-corrected chi connectivity index (χ3v) is 5.63. The highest BCUT2D eigenvalue weighted by Gasteiger charge is 2.56. The molecule has 178 valence electrons. The molecule has 5 N–H and O–H groups in total. The molecule has 0 aliphatic heterocycles. The molecule has 1 atom stereocenters. The van der Waals surface area contributed by atoms with E-state index in [1.807, 2.05) is 0 Å². The molecule has 0 bridgehead atoms. The number of aliphatic hydroxyl groups is 1. The summed E-state index contributed by atoms with van der Waals surface area (Å²) >= 11 is 0. The number of hydrogen-bond donors (Lipinski definition) is 4. The summed E-state index contributed by atoms with van der Waals surface area (Å²) in [4.78, 5) is 14.2. The summed E-state index contributed by atoms with van der Waals surface area (Å²) in [5.74, 6) is -0.821. The minimum absolute atomic E-state index is 0.206. The highest BCUT2D eigenvalue weighted by molar-refractivity contribution is 5.97. The van der Waals surface area contributed by atoms with Crippen molar-refractivity contribution in [1.29, 1.82) is 0 Å². The number of aromatic amines is 1. The number of aromatic nitrogens is 1. The van der Waals surface area contributed by atoms with Crippen LogP contribution < -0.4 is 15.8 Å². The summed E-state index contributed by atoms with van der Waals surface area (Å²) in [6, 6.07) is 9.74. The maximum Gasteiger partial charge on any atom is 0.418 e. The largest absolute Gasteiger partial charge is 0.496 e. The number of nitrogens with two attached hydrogens (primary N) is 1. The molecule has 6 nitrogen and oxygen atoms in total. The summed E-state index contributed by atoms with van der Waals surface area (Å²) < 4.78 is 61.0. The first kappa shape index (κ1) is 24.4. The average Bonchev–Trinajstić information content (AvgIpc) is 3.13. The lowest BCUT2D eigenvalue weighted by Gasteiger charge is -2.38. The van der Waals surface area contributed by atoms with Crippen LogP contribution in [0, 0.1) is 5.82 Å². The highest BCUT2D eigenvalue weighted by Crippen LogP contribution is 2.43. The van der Waals surface area contributed by atoms with E-state index in [1.165, 1.54) is 39.2 Å². The van der Waals surface area contributed by atoms with Crippen LogP contribution in [0.2, 0.25) is 0 Å². The second-order valence-corrected chi connectivity index (χ2v) is 8.64. The Morgan fingerprint density at radius 1 is 1.15 bits per heavy atom. The predicted molar refractivity (Wildman–Crippen MR) is 117 cm³/mol. The van der Waals surface area contributed by atoms with Crippen molar-refractivity contribution >= 4 is 22.6 Å². The first-order chi connectivity index (χ1) is 15.3. The van der Waals surface area contributed by atoms with E-state index in [0.29, 0.717) is 10.9 Å². The monoisotopic (exact) mass is 467 g/mol. The Bertz CT molecular complexity index is 1170. The Morgan fingerprint density at radius 3 is 2.45 bits per heavy atom. The Morgan fingerprint density at radius 2 is 1.85 bits per heavy atom. The number of primary amides is 1. The lowest BCUT2D eigenvalue weighted by atomic mass is 9.74. The van der Waals surface area contributed by atoms with Gasteiger partial charge in [0.05, 0.1) is 13.7 Å². The van der Waals surface area contributed by atoms with Crippen molar-refractivity contribution in [3.8, 4) is 5.75 Å². The first-order valence-electron chi connectivity index (χ1n) is 10.1. The van der Waals surface area contributed by atoms with Gasteiger partial charge in [0.25, 0.3) is 0 Å². The molecule has 1 amide bonds. The lowest BCUT2D eigenvalue weighted by molar-refractivity contribution is -0.260. The van der Waals surface area contributed by atoms with E-state index in [0.717, 1.165) is 12.1 Å². The maximum atomic E-state index is 14.0. The summed E-state index contributed by atoms with van der Waals surface area (Å²) in [7, 11) is 1.34. The van der Waals surface area contributed by atoms with Gasteiger partial charge in [-0.2, -0.15) is 13.2 Å². The van der Waals surface area contributed by atoms with Crippen molar-refractivity contribution < 1.29 is 32.2 Å². The van der Waals surface area contributed by atoms with Gasteiger partial charge in [-0.3, -0.25) is 4.79 Å². The van der Waals surface area contributed by atoms with E-state index in [1.54, 1.807) is 12.1 Å². The molecule has 0 saturated carbocycles. The van der Waals surface area contributed by atoms with Crippen LogP contribution in [-0.2, 0) is 5.41 Å². The summed E-state index contributed by atoms with van der Waals surface area (Å²) in [6.07, 6.45) is -5.74. The fraction of sp³-hybridized carbons (Fsp3) is 0.348. The molecule has 0 fully saturated rings. The van der Waals surface area contributed by atoms with E-state index in [4.69, 9.17) is 10.5 Å². The van der Waals surface area contributed by atoms with Crippen LogP contribution in [0.4, 0.5) is 23.4 Å². The normalized spacial score (nSPS) is 14.2. The third-order valence-electron chi connectivity index (χ3n) is 5.63. The Kier molecular flexibility index (Phi) is 6.34. The van der Waals surface area contributed by atoms with Crippen LogP contribution in [-0.4, -0.2) is 41.4 Å². The van der Waals surface area contributed by atoms with Gasteiger partial charge in [0, 0.05) is 22.0 Å². The van der Waals surface area contributed by atoms with E-state index in [-0.39, 0.29) is 22.7 Å². The summed E-state index contributed by atoms with van der Waals surface area (Å²) in [6.45, 7) is 2.09. The van der Waals surface area contributed by atoms with Crippen LogP contribution in [0.3, 0.4) is 0 Å². The number of nitrogens with one attached hydrogen (secondary N) is 2. The minimum atomic E-state index is -4.98. The average molecular weight is 467 g/mol. The molecule has 1 unspecified atom stereocenters. The number of methoxy groups -OCH3 is 1. The van der Waals surface area contributed by atoms with Crippen LogP contribution in [0.5, 0.6) is 5.75 Å². The molecule has 33 heavy (non-hydrogen) atoms. The Balaban J connectivity index is 1.88. The molecule has 10 heteroatoms. The number of rotatable bonds is 8. The number of H-pyrrole nitrogens is 1. The topological polar surface area (TPSA) is 100 Å². The second kappa shape index (κ2) is 8.58. The molecular formula is C23H25F4N3O3. The zero-order chi connectivity index (χ0) is 24.6. The number of anilines is 1. The SMILES string of the molecule is COc1ccc(F)cc1C(C)(C)CC(O)(CNc1cc2ccc(C(N)=O)cc2[nH]1)C(F)(F)F. The zero-order valence-corrected chi connectivity index (χ0v) is 18.3. The molecule has 0 aliphatic rings. The number of halogens is 4. The fourth-order valence-corrected chi connectivity index (χ4v) is 3.92. The van der Waals surface area contributed by atoms with Gasteiger partial charge in [0.15, 0.2) is 5.60 Å². The van der Waals surface area contributed by atoms with Crippen LogP contribution in [0.15, 0.2) is 42.5 Å². The molecule has 0 radical (unpaired) electrons. The Hall–Kier alpha value is -3.27. The smallest absolute Gasteiger partial charge is 0.418 e. The van der Waals surface area contributed by atoms with Crippen LogP contribution >= 0.6 is 0 Å². The molecule has 2 aromatic carbocycles. The van der Waals surface area contributed by atoms with E-state index in [2.05, 4.69) is 10.3 Å². The number of hydrogen-bond acceptors (Lipinski definition) is 4. The van der Waals surface area contributed by atoms with Gasteiger partial charge in [-0.25, -0.2) is 4.39 Å². The van der Waals surface area contributed by atoms with E-state index in [9.17, 15) is 27.5 Å². The number of carbonyl (C=O) groups excluding carboxylic acids is 1. The van der Waals surface area contributed by atoms with Gasteiger partial charge >= 0.3 is 6.18 Å². The highest BCUT2D eigenvalue weighted by atomic mass is 19.4. The molecule has 0 saturated heterocycles. The molecule has 0 spiro atoms. The van der Waals surface area contributed by atoms with Gasteiger partial charge in [-0.05, 0) is 48.2 Å². The van der Waals surface area contributed by atoms with E-state index < -0.39 is 41.9 Å². The maximum absolute atomic E-state index is 14.0. The molecule has 1 aromatic heterocycles. The summed E-state index contributed by atoms with van der Waals surface area (Å²) in [5, 5.41) is 14.0. The number of ether oxygens (including phenoxy) is 1.